The minimum Gasteiger partial charge on any atom is -0.386 e. The van der Waals surface area contributed by atoms with Crippen LogP contribution in [-0.2, 0) is 0 Å². The smallest absolute Gasteiger partial charge is 0.0988 e. The van der Waals surface area contributed by atoms with E-state index >= 15 is 0 Å². The molecule has 68 valence electrons. The Morgan fingerprint density at radius 1 is 1.58 bits per heavy atom. The van der Waals surface area contributed by atoms with Gasteiger partial charge in [0, 0.05) is 11.9 Å². The molecule has 0 aliphatic rings. The fourth-order valence-corrected chi connectivity index (χ4v) is 1.13. The molecule has 2 nitrogen and oxygen atoms in total. The van der Waals surface area contributed by atoms with Gasteiger partial charge in [-0.1, -0.05) is 20.8 Å². The lowest BCUT2D eigenvalue weighted by molar-refractivity contribution is 0.0434. The van der Waals surface area contributed by atoms with Crippen LogP contribution < -0.4 is 0 Å². The molecule has 1 aromatic heterocycles. The van der Waals surface area contributed by atoms with Crippen LogP contribution in [0.5, 0.6) is 0 Å². The summed E-state index contributed by atoms with van der Waals surface area (Å²) in [4.78, 5) is 3.03. The Bertz CT molecular complexity index is 226. The molecule has 0 amide bonds. The first-order chi connectivity index (χ1) is 5.58. The fraction of sp³-hybridized carbons (Fsp3) is 0.600. The summed E-state index contributed by atoms with van der Waals surface area (Å²) >= 11 is 0. The van der Waals surface area contributed by atoms with Crippen molar-refractivity contribution in [2.75, 3.05) is 0 Å². The second-order valence-electron chi connectivity index (χ2n) is 3.87. The van der Waals surface area contributed by atoms with Gasteiger partial charge < -0.3 is 10.1 Å². The predicted molar refractivity (Wildman–Crippen MR) is 49.8 cm³/mol. The molecule has 0 bridgehead atoms. The van der Waals surface area contributed by atoms with E-state index in [0.717, 1.165) is 12.1 Å². The molecule has 0 fully saturated rings. The van der Waals surface area contributed by atoms with Gasteiger partial charge in [0.05, 0.1) is 6.10 Å². The van der Waals surface area contributed by atoms with Gasteiger partial charge in [-0.25, -0.2) is 0 Å². The molecule has 12 heavy (non-hydrogen) atoms. The van der Waals surface area contributed by atoms with Crippen molar-refractivity contribution >= 4 is 0 Å². The highest BCUT2D eigenvalue weighted by atomic mass is 16.3. The van der Waals surface area contributed by atoms with Crippen molar-refractivity contribution in [1.29, 1.82) is 0 Å². The largest absolute Gasteiger partial charge is 0.386 e. The zero-order valence-corrected chi connectivity index (χ0v) is 7.96. The van der Waals surface area contributed by atoms with Crippen LogP contribution in [-0.4, -0.2) is 10.1 Å². The van der Waals surface area contributed by atoms with E-state index in [1.165, 1.54) is 0 Å². The van der Waals surface area contributed by atoms with E-state index in [9.17, 15) is 5.11 Å². The molecule has 0 aromatic carbocycles. The summed E-state index contributed by atoms with van der Waals surface area (Å²) in [5, 5.41) is 9.91. The summed E-state index contributed by atoms with van der Waals surface area (Å²) in [6.07, 6.45) is 2.41. The number of H-pyrrole nitrogens is 1. The van der Waals surface area contributed by atoms with Gasteiger partial charge in [-0.2, -0.15) is 0 Å². The molecule has 1 rings (SSSR count). The standard InChI is InChI=1S/C10H17NO/c1-4-10(2,3)9(12)8-6-5-7-11-8/h5-7,9,11-12H,4H2,1-3H3. The summed E-state index contributed by atoms with van der Waals surface area (Å²) in [6, 6.07) is 3.83. The molecule has 0 aliphatic carbocycles. The van der Waals surface area contributed by atoms with Crippen molar-refractivity contribution in [3.05, 3.63) is 24.0 Å². The topological polar surface area (TPSA) is 36.0 Å². The van der Waals surface area contributed by atoms with Gasteiger partial charge in [0.15, 0.2) is 0 Å². The zero-order chi connectivity index (χ0) is 9.19. The van der Waals surface area contributed by atoms with Crippen molar-refractivity contribution in [1.82, 2.24) is 4.98 Å². The number of hydrogen-bond acceptors (Lipinski definition) is 1. The van der Waals surface area contributed by atoms with Gasteiger partial charge in [-0.05, 0) is 24.0 Å². The Morgan fingerprint density at radius 2 is 2.25 bits per heavy atom. The molecule has 0 aliphatic heterocycles. The molecule has 0 saturated carbocycles. The normalized spacial score (nSPS) is 14.7. The fourth-order valence-electron chi connectivity index (χ4n) is 1.13. The first-order valence-corrected chi connectivity index (χ1v) is 4.39. The van der Waals surface area contributed by atoms with Gasteiger partial charge in [0.25, 0.3) is 0 Å². The Labute approximate surface area is 73.6 Å². The minimum atomic E-state index is -0.391. The molecule has 1 unspecified atom stereocenters. The van der Waals surface area contributed by atoms with Gasteiger partial charge in [-0.15, -0.1) is 0 Å². The third-order valence-electron chi connectivity index (χ3n) is 2.57. The average Bonchev–Trinajstić information content (AvgIpc) is 2.55. The van der Waals surface area contributed by atoms with E-state index in [0.29, 0.717) is 0 Å². The third kappa shape index (κ3) is 1.69. The summed E-state index contributed by atoms with van der Waals surface area (Å²) in [5.41, 5.74) is 0.854. The molecular formula is C10H17NO. The lowest BCUT2D eigenvalue weighted by Gasteiger charge is -2.28. The Kier molecular flexibility index (Phi) is 2.58. The summed E-state index contributed by atoms with van der Waals surface area (Å²) < 4.78 is 0. The van der Waals surface area contributed by atoms with E-state index in [1.54, 1.807) is 0 Å². The zero-order valence-electron chi connectivity index (χ0n) is 7.96. The van der Waals surface area contributed by atoms with Crippen molar-refractivity contribution in [2.45, 2.75) is 33.3 Å². The number of aromatic nitrogens is 1. The second kappa shape index (κ2) is 3.31. The quantitative estimate of drug-likeness (QED) is 0.712. The van der Waals surface area contributed by atoms with E-state index in [4.69, 9.17) is 0 Å². The highest BCUT2D eigenvalue weighted by Gasteiger charge is 2.27. The molecule has 0 radical (unpaired) electrons. The van der Waals surface area contributed by atoms with E-state index < -0.39 is 6.10 Å². The molecular weight excluding hydrogens is 150 g/mol. The summed E-state index contributed by atoms with van der Waals surface area (Å²) in [5.74, 6) is 0. The highest BCUT2D eigenvalue weighted by Crippen LogP contribution is 2.34. The number of aromatic amines is 1. The minimum absolute atomic E-state index is 0.0507. The molecule has 1 heterocycles. The second-order valence-corrected chi connectivity index (χ2v) is 3.87. The van der Waals surface area contributed by atoms with Crippen LogP contribution in [0.3, 0.4) is 0 Å². The lowest BCUT2D eigenvalue weighted by Crippen LogP contribution is -2.21. The molecule has 1 atom stereocenters. The third-order valence-corrected chi connectivity index (χ3v) is 2.57. The van der Waals surface area contributed by atoms with Crippen molar-refractivity contribution in [2.24, 2.45) is 5.41 Å². The van der Waals surface area contributed by atoms with Crippen LogP contribution in [0.25, 0.3) is 0 Å². The van der Waals surface area contributed by atoms with Gasteiger partial charge in [-0.3, -0.25) is 0 Å². The van der Waals surface area contributed by atoms with E-state index in [1.807, 2.05) is 18.3 Å². The first-order valence-electron chi connectivity index (χ1n) is 4.39. The maximum absolute atomic E-state index is 9.91. The van der Waals surface area contributed by atoms with Crippen LogP contribution in [0.1, 0.15) is 39.0 Å². The van der Waals surface area contributed by atoms with Crippen LogP contribution in [0.4, 0.5) is 0 Å². The van der Waals surface area contributed by atoms with E-state index in [-0.39, 0.29) is 5.41 Å². The Hall–Kier alpha value is -0.760. The first kappa shape index (κ1) is 9.33. The summed E-state index contributed by atoms with van der Waals surface area (Å²) in [6.45, 7) is 6.23. The molecule has 0 spiro atoms. The van der Waals surface area contributed by atoms with Crippen LogP contribution in [0, 0.1) is 5.41 Å². The number of rotatable bonds is 3. The molecule has 2 N–H and O–H groups in total. The van der Waals surface area contributed by atoms with Crippen LogP contribution >= 0.6 is 0 Å². The van der Waals surface area contributed by atoms with Crippen LogP contribution in [0.15, 0.2) is 18.3 Å². The van der Waals surface area contributed by atoms with Gasteiger partial charge in [0.1, 0.15) is 0 Å². The molecule has 2 heteroatoms. The molecule has 1 aromatic rings. The Morgan fingerprint density at radius 3 is 2.67 bits per heavy atom. The Balaban J connectivity index is 2.78. The number of aliphatic hydroxyl groups is 1. The average molecular weight is 167 g/mol. The SMILES string of the molecule is CCC(C)(C)C(O)c1ccc[nH]1. The number of aliphatic hydroxyl groups excluding tert-OH is 1. The highest BCUT2D eigenvalue weighted by molar-refractivity contribution is 5.09. The van der Waals surface area contributed by atoms with Crippen LogP contribution in [0.2, 0.25) is 0 Å². The summed E-state index contributed by atoms with van der Waals surface area (Å²) in [7, 11) is 0. The number of nitrogens with one attached hydrogen (secondary N) is 1. The van der Waals surface area contributed by atoms with E-state index in [2.05, 4.69) is 25.8 Å². The van der Waals surface area contributed by atoms with Gasteiger partial charge in [0.2, 0.25) is 0 Å². The van der Waals surface area contributed by atoms with Gasteiger partial charge >= 0.3 is 0 Å². The van der Waals surface area contributed by atoms with Crippen molar-refractivity contribution in [3.63, 3.8) is 0 Å². The lowest BCUT2D eigenvalue weighted by atomic mass is 9.82. The maximum Gasteiger partial charge on any atom is 0.0988 e. The maximum atomic E-state index is 9.91. The van der Waals surface area contributed by atoms with Crippen molar-refractivity contribution in [3.8, 4) is 0 Å². The molecule has 0 saturated heterocycles. The monoisotopic (exact) mass is 167 g/mol. The number of hydrogen-bond donors (Lipinski definition) is 2. The predicted octanol–water partition coefficient (Wildman–Crippen LogP) is 2.48. The van der Waals surface area contributed by atoms with Crippen molar-refractivity contribution < 1.29 is 5.11 Å².